The summed E-state index contributed by atoms with van der Waals surface area (Å²) in [5.74, 6) is 0.485. The van der Waals surface area contributed by atoms with Gasteiger partial charge in [0.25, 0.3) is 0 Å². The van der Waals surface area contributed by atoms with Crippen molar-refractivity contribution in [1.82, 2.24) is 19.2 Å². The van der Waals surface area contributed by atoms with Crippen LogP contribution in [0.15, 0.2) is 47.3 Å². The molecule has 0 spiro atoms. The van der Waals surface area contributed by atoms with Crippen molar-refractivity contribution in [1.29, 1.82) is 0 Å². The summed E-state index contributed by atoms with van der Waals surface area (Å²) in [6.07, 6.45) is 0. The minimum Gasteiger partial charge on any atom is -0.495 e. The van der Waals surface area contributed by atoms with Gasteiger partial charge >= 0.3 is 5.69 Å². The molecule has 0 saturated heterocycles. The highest BCUT2D eigenvalue weighted by Crippen LogP contribution is 2.25. The van der Waals surface area contributed by atoms with Gasteiger partial charge in [0.2, 0.25) is 11.9 Å². The van der Waals surface area contributed by atoms with E-state index in [2.05, 4.69) is 20.7 Å². The van der Waals surface area contributed by atoms with Crippen LogP contribution >= 0.6 is 0 Å². The molecular weight excluding hydrogens is 420 g/mol. The van der Waals surface area contributed by atoms with Crippen molar-refractivity contribution < 1.29 is 9.53 Å². The number of fused-ring (bicyclic) bond motifs is 1. The van der Waals surface area contributed by atoms with Crippen LogP contribution in [0.2, 0.25) is 0 Å². The minimum atomic E-state index is -0.463. The fraction of sp³-hybridized carbons (Fsp3) is 0.250. The summed E-state index contributed by atoms with van der Waals surface area (Å²) in [4.78, 5) is 30.3. The van der Waals surface area contributed by atoms with Gasteiger partial charge in [0.15, 0.2) is 5.65 Å². The van der Waals surface area contributed by atoms with Gasteiger partial charge in [0.05, 0.1) is 12.8 Å². The lowest BCUT2D eigenvalue weighted by Crippen LogP contribution is -2.29. The lowest BCUT2D eigenvalue weighted by Gasteiger charge is -2.10. The smallest absolute Gasteiger partial charge is 0.353 e. The van der Waals surface area contributed by atoms with Crippen LogP contribution in [0.4, 0.5) is 17.3 Å². The topological polar surface area (TPSA) is 103 Å². The Labute approximate surface area is 191 Å². The van der Waals surface area contributed by atoms with E-state index in [0.717, 1.165) is 21.5 Å². The molecule has 0 aliphatic carbocycles. The first-order valence-electron chi connectivity index (χ1n) is 10.5. The zero-order chi connectivity index (χ0) is 23.7. The fourth-order valence-corrected chi connectivity index (χ4v) is 3.53. The SMILES string of the molecule is COc1ccc(C)cc1NC(=O)Cn1nc2cc(C)nc(Nc3ccc(C)c(C)c3)n2c1=O. The van der Waals surface area contributed by atoms with Gasteiger partial charge in [-0.05, 0) is 68.7 Å². The molecule has 9 heteroatoms. The van der Waals surface area contributed by atoms with Gasteiger partial charge in [-0.25, -0.2) is 18.9 Å². The number of amides is 1. The average molecular weight is 447 g/mol. The first-order chi connectivity index (χ1) is 15.7. The van der Waals surface area contributed by atoms with E-state index in [1.54, 1.807) is 12.1 Å². The van der Waals surface area contributed by atoms with Crippen molar-refractivity contribution in [2.75, 3.05) is 17.7 Å². The monoisotopic (exact) mass is 446 g/mol. The summed E-state index contributed by atoms with van der Waals surface area (Å²) >= 11 is 0. The lowest BCUT2D eigenvalue weighted by atomic mass is 10.1. The van der Waals surface area contributed by atoms with Crippen molar-refractivity contribution in [3.63, 3.8) is 0 Å². The highest BCUT2D eigenvalue weighted by molar-refractivity contribution is 5.92. The molecule has 0 bridgehead atoms. The normalized spacial score (nSPS) is 10.9. The van der Waals surface area contributed by atoms with Crippen LogP contribution in [0.3, 0.4) is 0 Å². The molecule has 1 amide bonds. The number of carbonyl (C=O) groups excluding carboxylic acids is 1. The Morgan fingerprint density at radius 3 is 2.55 bits per heavy atom. The van der Waals surface area contributed by atoms with Crippen molar-refractivity contribution in [3.8, 4) is 5.75 Å². The Morgan fingerprint density at radius 1 is 1.03 bits per heavy atom. The number of ether oxygens (including phenoxy) is 1. The molecule has 0 fully saturated rings. The largest absolute Gasteiger partial charge is 0.495 e. The van der Waals surface area contributed by atoms with Crippen LogP contribution in [-0.4, -0.2) is 32.2 Å². The van der Waals surface area contributed by atoms with Crippen LogP contribution in [0, 0.1) is 27.7 Å². The molecular formula is C24H26N6O3. The van der Waals surface area contributed by atoms with E-state index < -0.39 is 11.6 Å². The fourth-order valence-electron chi connectivity index (χ4n) is 3.53. The molecule has 0 saturated carbocycles. The van der Waals surface area contributed by atoms with E-state index in [0.29, 0.717) is 28.7 Å². The number of hydrogen-bond donors (Lipinski definition) is 2. The van der Waals surface area contributed by atoms with E-state index in [-0.39, 0.29) is 6.54 Å². The molecule has 4 rings (SSSR count). The van der Waals surface area contributed by atoms with E-state index in [1.165, 1.54) is 17.1 Å². The van der Waals surface area contributed by atoms with Crippen LogP contribution in [-0.2, 0) is 11.3 Å². The van der Waals surface area contributed by atoms with Crippen LogP contribution in [0.5, 0.6) is 5.75 Å². The lowest BCUT2D eigenvalue weighted by molar-refractivity contribution is -0.117. The quantitative estimate of drug-likeness (QED) is 0.470. The number of nitrogens with one attached hydrogen (secondary N) is 2. The van der Waals surface area contributed by atoms with Gasteiger partial charge in [-0.1, -0.05) is 12.1 Å². The third kappa shape index (κ3) is 4.57. The molecule has 4 aromatic rings. The van der Waals surface area contributed by atoms with Crippen molar-refractivity contribution >= 4 is 28.9 Å². The van der Waals surface area contributed by atoms with Gasteiger partial charge < -0.3 is 15.4 Å². The number of aromatic nitrogens is 4. The number of anilines is 3. The number of benzene rings is 2. The zero-order valence-electron chi connectivity index (χ0n) is 19.3. The minimum absolute atomic E-state index is 0.250. The van der Waals surface area contributed by atoms with E-state index in [1.807, 2.05) is 58.0 Å². The predicted molar refractivity (Wildman–Crippen MR) is 128 cm³/mol. The van der Waals surface area contributed by atoms with Crippen molar-refractivity contribution in [2.45, 2.75) is 34.2 Å². The van der Waals surface area contributed by atoms with Crippen LogP contribution in [0.25, 0.3) is 5.65 Å². The Morgan fingerprint density at radius 2 is 1.82 bits per heavy atom. The molecule has 2 aromatic heterocycles. The van der Waals surface area contributed by atoms with Crippen molar-refractivity contribution in [2.24, 2.45) is 0 Å². The van der Waals surface area contributed by atoms with Gasteiger partial charge in [0, 0.05) is 17.4 Å². The van der Waals surface area contributed by atoms with Crippen LogP contribution in [0.1, 0.15) is 22.4 Å². The number of carbonyl (C=O) groups is 1. The maximum absolute atomic E-state index is 13.1. The Hall–Kier alpha value is -4.14. The number of nitrogens with zero attached hydrogens (tertiary/aromatic N) is 4. The van der Waals surface area contributed by atoms with Gasteiger partial charge in [0.1, 0.15) is 12.3 Å². The molecule has 0 aliphatic rings. The van der Waals surface area contributed by atoms with Crippen molar-refractivity contribution in [3.05, 3.63) is 75.3 Å². The summed E-state index contributed by atoms with van der Waals surface area (Å²) in [5.41, 5.74) is 5.24. The molecule has 0 radical (unpaired) electrons. The second kappa shape index (κ2) is 8.78. The molecule has 0 aliphatic heterocycles. The summed E-state index contributed by atoms with van der Waals surface area (Å²) in [6, 6.07) is 13.1. The average Bonchev–Trinajstić information content (AvgIpc) is 3.05. The third-order valence-electron chi connectivity index (χ3n) is 5.38. The highest BCUT2D eigenvalue weighted by Gasteiger charge is 2.16. The molecule has 0 unspecified atom stereocenters. The van der Waals surface area contributed by atoms with Crippen LogP contribution < -0.4 is 21.1 Å². The van der Waals surface area contributed by atoms with Gasteiger partial charge in [-0.3, -0.25) is 4.79 Å². The first-order valence-corrected chi connectivity index (χ1v) is 10.5. The summed E-state index contributed by atoms with van der Waals surface area (Å²) in [6.45, 7) is 7.55. The number of aryl methyl sites for hydroxylation is 4. The molecule has 170 valence electrons. The molecule has 0 atom stereocenters. The first kappa shape index (κ1) is 22.1. The van der Waals surface area contributed by atoms with E-state index in [9.17, 15) is 9.59 Å². The zero-order valence-corrected chi connectivity index (χ0v) is 19.3. The Bertz CT molecular complexity index is 1420. The Balaban J connectivity index is 1.65. The molecule has 2 heterocycles. The summed E-state index contributed by atoms with van der Waals surface area (Å²) in [7, 11) is 1.53. The van der Waals surface area contributed by atoms with Gasteiger partial charge in [-0.2, -0.15) is 0 Å². The molecule has 33 heavy (non-hydrogen) atoms. The number of methoxy groups -OCH3 is 1. The predicted octanol–water partition coefficient (Wildman–Crippen LogP) is 3.52. The third-order valence-corrected chi connectivity index (χ3v) is 5.38. The molecule has 9 nitrogen and oxygen atoms in total. The summed E-state index contributed by atoms with van der Waals surface area (Å²) in [5, 5.41) is 10.3. The second-order valence-electron chi connectivity index (χ2n) is 8.03. The molecule has 2 N–H and O–H groups in total. The summed E-state index contributed by atoms with van der Waals surface area (Å²) < 4.78 is 7.79. The maximum Gasteiger partial charge on any atom is 0.353 e. The number of rotatable bonds is 6. The number of hydrogen-bond acceptors (Lipinski definition) is 6. The highest BCUT2D eigenvalue weighted by atomic mass is 16.5. The van der Waals surface area contributed by atoms with E-state index >= 15 is 0 Å². The van der Waals surface area contributed by atoms with Gasteiger partial charge in [-0.15, -0.1) is 5.10 Å². The Kier molecular flexibility index (Phi) is 5.87. The maximum atomic E-state index is 13.1. The standard InChI is InChI=1S/C24H26N6O3/c1-14-6-9-20(33-5)19(10-14)27-22(31)13-29-24(32)30-21(28-29)12-17(4)25-23(30)26-18-8-7-15(2)16(3)11-18/h6-12H,13H2,1-5H3,(H,25,26)(H,27,31). The van der Waals surface area contributed by atoms with E-state index in [4.69, 9.17) is 4.74 Å². The molecule has 2 aromatic carbocycles. The second-order valence-corrected chi connectivity index (χ2v) is 8.03.